The van der Waals surface area contributed by atoms with Gasteiger partial charge in [0, 0.05) is 30.0 Å². The third kappa shape index (κ3) is 7.06. The Balaban J connectivity index is 1.63. The van der Waals surface area contributed by atoms with E-state index in [2.05, 4.69) is 15.6 Å². The van der Waals surface area contributed by atoms with Gasteiger partial charge in [-0.2, -0.15) is 13.2 Å². The Morgan fingerprint density at radius 1 is 1.23 bits per heavy atom. The Morgan fingerprint density at radius 2 is 1.97 bits per heavy atom. The van der Waals surface area contributed by atoms with E-state index in [-0.39, 0.29) is 23.3 Å². The van der Waals surface area contributed by atoms with Crippen molar-refractivity contribution >= 4 is 21.7 Å². The van der Waals surface area contributed by atoms with Gasteiger partial charge in [-0.15, -0.1) is 0 Å². The van der Waals surface area contributed by atoms with Crippen molar-refractivity contribution in [3.63, 3.8) is 0 Å². The number of aromatic nitrogens is 2. The summed E-state index contributed by atoms with van der Waals surface area (Å²) in [5.74, 6) is -1.78. The number of sulfone groups is 1. The van der Waals surface area contributed by atoms with Crippen LogP contribution >= 0.6 is 0 Å². The van der Waals surface area contributed by atoms with Crippen molar-refractivity contribution in [2.24, 2.45) is 5.92 Å². The molecule has 1 saturated carbocycles. The summed E-state index contributed by atoms with van der Waals surface area (Å²) in [6.07, 6.45) is 2.34. The SMILES string of the molecule is CC(C)S(=O)(=O)C[C@H]1C[C@H](n2ccnc2)CC[C@@H]1NC(=O)CNC(=O)c1cccc(C(F)(F)F)c1. The molecule has 2 amide bonds. The zero-order chi connectivity index (χ0) is 25.8. The molecule has 8 nitrogen and oxygen atoms in total. The second-order valence-electron chi connectivity index (χ2n) is 9.05. The summed E-state index contributed by atoms with van der Waals surface area (Å²) >= 11 is 0. The van der Waals surface area contributed by atoms with Crippen molar-refractivity contribution in [1.29, 1.82) is 0 Å². The Kier molecular flexibility index (Phi) is 8.24. The van der Waals surface area contributed by atoms with E-state index in [1.165, 1.54) is 6.07 Å². The third-order valence-electron chi connectivity index (χ3n) is 6.27. The zero-order valence-corrected chi connectivity index (χ0v) is 20.3. The lowest BCUT2D eigenvalue weighted by molar-refractivity contribution is -0.137. The van der Waals surface area contributed by atoms with Gasteiger partial charge in [-0.1, -0.05) is 6.07 Å². The summed E-state index contributed by atoms with van der Waals surface area (Å²) < 4.78 is 65.8. The first-order valence-electron chi connectivity index (χ1n) is 11.3. The molecule has 3 atom stereocenters. The molecule has 1 fully saturated rings. The predicted octanol–water partition coefficient (Wildman–Crippen LogP) is 2.98. The fourth-order valence-electron chi connectivity index (χ4n) is 4.22. The van der Waals surface area contributed by atoms with Crippen LogP contribution in [0, 0.1) is 5.92 Å². The zero-order valence-electron chi connectivity index (χ0n) is 19.5. The molecule has 2 N–H and O–H groups in total. The van der Waals surface area contributed by atoms with E-state index in [9.17, 15) is 31.2 Å². The molecule has 1 heterocycles. The second-order valence-corrected chi connectivity index (χ2v) is 11.7. The number of carbonyl (C=O) groups is 2. The summed E-state index contributed by atoms with van der Waals surface area (Å²) in [5, 5.41) is 4.59. The van der Waals surface area contributed by atoms with Gasteiger partial charge in [-0.05, 0) is 57.2 Å². The van der Waals surface area contributed by atoms with Gasteiger partial charge in [-0.25, -0.2) is 13.4 Å². The molecule has 0 saturated heterocycles. The minimum atomic E-state index is -4.59. The molecule has 35 heavy (non-hydrogen) atoms. The number of hydrogen-bond donors (Lipinski definition) is 2. The molecule has 3 rings (SSSR count). The number of nitrogens with one attached hydrogen (secondary N) is 2. The number of amides is 2. The second kappa shape index (κ2) is 10.8. The number of nitrogens with zero attached hydrogens (tertiary/aromatic N) is 2. The summed E-state index contributed by atoms with van der Waals surface area (Å²) in [6.45, 7) is 2.78. The molecule has 0 radical (unpaired) electrons. The Hall–Kier alpha value is -2.89. The lowest BCUT2D eigenvalue weighted by Crippen LogP contribution is -2.49. The van der Waals surface area contributed by atoms with Crippen LogP contribution in [0.1, 0.15) is 55.1 Å². The Morgan fingerprint density at radius 3 is 2.60 bits per heavy atom. The summed E-state index contributed by atoms with van der Waals surface area (Å²) in [5.41, 5.74) is -1.17. The average molecular weight is 515 g/mol. The molecular weight excluding hydrogens is 485 g/mol. The van der Waals surface area contributed by atoms with Crippen LogP contribution in [0.15, 0.2) is 43.0 Å². The van der Waals surface area contributed by atoms with Crippen LogP contribution in [-0.2, 0) is 20.8 Å². The Bertz CT molecular complexity index is 1130. The average Bonchev–Trinajstić information content (AvgIpc) is 3.33. The molecule has 192 valence electrons. The van der Waals surface area contributed by atoms with Gasteiger partial charge in [0.05, 0.1) is 29.4 Å². The van der Waals surface area contributed by atoms with E-state index in [0.717, 1.165) is 18.2 Å². The van der Waals surface area contributed by atoms with E-state index in [1.807, 2.05) is 10.8 Å². The van der Waals surface area contributed by atoms with Gasteiger partial charge >= 0.3 is 6.18 Å². The lowest BCUT2D eigenvalue weighted by Gasteiger charge is -2.37. The van der Waals surface area contributed by atoms with Gasteiger partial charge in [0.15, 0.2) is 9.84 Å². The maximum absolute atomic E-state index is 12.9. The molecule has 0 bridgehead atoms. The number of imidazole rings is 1. The van der Waals surface area contributed by atoms with Crippen LogP contribution in [0.3, 0.4) is 0 Å². The maximum atomic E-state index is 12.9. The first-order chi connectivity index (χ1) is 16.4. The van der Waals surface area contributed by atoms with E-state index in [4.69, 9.17) is 0 Å². The van der Waals surface area contributed by atoms with Crippen molar-refractivity contribution in [1.82, 2.24) is 20.2 Å². The number of benzene rings is 1. The van der Waals surface area contributed by atoms with Gasteiger partial charge < -0.3 is 15.2 Å². The van der Waals surface area contributed by atoms with Crippen molar-refractivity contribution in [3.05, 3.63) is 54.1 Å². The monoisotopic (exact) mass is 514 g/mol. The fourth-order valence-corrected chi connectivity index (χ4v) is 5.57. The molecule has 12 heteroatoms. The van der Waals surface area contributed by atoms with Gasteiger partial charge in [0.1, 0.15) is 0 Å². The van der Waals surface area contributed by atoms with Gasteiger partial charge in [0.25, 0.3) is 5.91 Å². The van der Waals surface area contributed by atoms with E-state index in [0.29, 0.717) is 19.3 Å². The smallest absolute Gasteiger partial charge is 0.352 e. The minimum absolute atomic E-state index is 0.0543. The van der Waals surface area contributed by atoms with Crippen molar-refractivity contribution < 1.29 is 31.2 Å². The van der Waals surface area contributed by atoms with Crippen molar-refractivity contribution in [2.45, 2.75) is 56.6 Å². The van der Waals surface area contributed by atoms with Gasteiger partial charge in [-0.3, -0.25) is 9.59 Å². The van der Waals surface area contributed by atoms with Crippen LogP contribution < -0.4 is 10.6 Å². The molecule has 1 aromatic carbocycles. The molecule has 0 aliphatic heterocycles. The normalized spacial score (nSPS) is 21.0. The summed E-state index contributed by atoms with van der Waals surface area (Å²) in [4.78, 5) is 28.9. The molecule has 1 aromatic heterocycles. The highest BCUT2D eigenvalue weighted by atomic mass is 32.2. The van der Waals surface area contributed by atoms with Crippen molar-refractivity contribution in [2.75, 3.05) is 12.3 Å². The number of alkyl halides is 3. The van der Waals surface area contributed by atoms with Crippen LogP contribution in [0.2, 0.25) is 0 Å². The van der Waals surface area contributed by atoms with Crippen LogP contribution in [0.4, 0.5) is 13.2 Å². The van der Waals surface area contributed by atoms with Gasteiger partial charge in [0.2, 0.25) is 5.91 Å². The number of rotatable bonds is 8. The first-order valence-corrected chi connectivity index (χ1v) is 13.0. The first kappa shape index (κ1) is 26.7. The van der Waals surface area contributed by atoms with E-state index < -0.39 is 51.2 Å². The highest BCUT2D eigenvalue weighted by molar-refractivity contribution is 7.91. The predicted molar refractivity (Wildman–Crippen MR) is 123 cm³/mol. The number of hydrogen-bond acceptors (Lipinski definition) is 5. The molecule has 0 unspecified atom stereocenters. The number of halogens is 3. The highest BCUT2D eigenvalue weighted by Crippen LogP contribution is 2.34. The molecular formula is C23H29F3N4O4S. The maximum Gasteiger partial charge on any atom is 0.416 e. The summed E-state index contributed by atoms with van der Waals surface area (Å²) in [6, 6.07) is 3.56. The lowest BCUT2D eigenvalue weighted by atomic mass is 9.82. The van der Waals surface area contributed by atoms with Crippen molar-refractivity contribution in [3.8, 4) is 0 Å². The summed E-state index contributed by atoms with van der Waals surface area (Å²) in [7, 11) is -3.37. The largest absolute Gasteiger partial charge is 0.416 e. The van der Waals surface area contributed by atoms with Crippen LogP contribution in [0.5, 0.6) is 0 Å². The highest BCUT2D eigenvalue weighted by Gasteiger charge is 2.36. The standard InChI is InChI=1S/C23H29F3N4O4S/c1-15(2)35(33,34)13-17-11-19(30-9-8-27-14-30)6-7-20(17)29-21(31)12-28-22(32)16-4-3-5-18(10-16)23(24,25)26/h3-5,8-10,14-15,17,19-20H,6-7,11-13H2,1-2H3,(H,28,32)(H,29,31)/t17-,19-,20+/m1/s1. The Labute approximate surface area is 202 Å². The van der Waals surface area contributed by atoms with Crippen LogP contribution in [-0.4, -0.2) is 53.4 Å². The fraction of sp³-hybridized carbons (Fsp3) is 0.522. The third-order valence-corrected chi connectivity index (χ3v) is 8.60. The van der Waals surface area contributed by atoms with Crippen LogP contribution in [0.25, 0.3) is 0 Å². The number of carbonyl (C=O) groups excluding carboxylic acids is 2. The molecule has 2 aromatic rings. The topological polar surface area (TPSA) is 110 Å². The minimum Gasteiger partial charge on any atom is -0.352 e. The quantitative estimate of drug-likeness (QED) is 0.563. The molecule has 1 aliphatic rings. The molecule has 0 spiro atoms. The van der Waals surface area contributed by atoms with E-state index >= 15 is 0 Å². The molecule has 1 aliphatic carbocycles. The van der Waals surface area contributed by atoms with E-state index in [1.54, 1.807) is 26.4 Å².